The molecule has 4 heterocycles. The second kappa shape index (κ2) is 8.95. The first kappa shape index (κ1) is 23.5. The molecule has 10 heteroatoms. The minimum atomic E-state index is -0.526. The van der Waals surface area contributed by atoms with Gasteiger partial charge in [-0.15, -0.1) is 11.3 Å². The molecule has 0 radical (unpaired) electrons. The van der Waals surface area contributed by atoms with Crippen LogP contribution in [-0.4, -0.2) is 45.0 Å². The minimum Gasteiger partial charge on any atom is -0.444 e. The summed E-state index contributed by atoms with van der Waals surface area (Å²) in [5, 5.41) is 3.09. The summed E-state index contributed by atoms with van der Waals surface area (Å²) in [6.07, 6.45) is 4.53. The minimum absolute atomic E-state index is 0.204. The number of aryl methyl sites for hydroxylation is 1. The summed E-state index contributed by atoms with van der Waals surface area (Å²) in [4.78, 5) is 32.4. The van der Waals surface area contributed by atoms with Crippen LogP contribution in [0.5, 0.6) is 0 Å². The molecule has 1 aliphatic rings. The van der Waals surface area contributed by atoms with Crippen molar-refractivity contribution >= 4 is 46.3 Å². The van der Waals surface area contributed by atoms with Crippen molar-refractivity contribution in [1.82, 2.24) is 14.3 Å². The van der Waals surface area contributed by atoms with Crippen molar-refractivity contribution in [2.24, 2.45) is 0 Å². The third-order valence-corrected chi connectivity index (χ3v) is 7.05. The third kappa shape index (κ3) is 5.30. The normalized spacial score (nSPS) is 15.2. The maximum atomic E-state index is 14.3. The Balaban J connectivity index is 1.42. The molecule has 0 saturated carbocycles. The van der Waals surface area contributed by atoms with Gasteiger partial charge in [-0.3, -0.25) is 4.79 Å². The summed E-state index contributed by atoms with van der Waals surface area (Å²) in [6.45, 7) is 8.48. The lowest BCUT2D eigenvalue weighted by Gasteiger charge is -2.33. The quantitative estimate of drug-likeness (QED) is 0.496. The highest BCUT2D eigenvalue weighted by molar-refractivity contribution is 7.15. The standard InChI is InChI=1S/C23H26ClFN4O3S/c1-13-11-29-12-15(9-17(25)20(29)26-13)27-21(30)19-16(24)10-18(33-19)14-5-7-28(8-6-14)22(31)32-23(2,3)4/h9-12,14H,5-8H2,1-4H3,(H,27,30). The SMILES string of the molecule is Cc1cn2cc(NC(=O)c3sc(C4CCN(C(=O)OC(C)(C)C)CC4)cc3Cl)cc(F)c2n1. The molecule has 33 heavy (non-hydrogen) atoms. The van der Waals surface area contributed by atoms with Crippen molar-refractivity contribution < 1.29 is 18.7 Å². The highest BCUT2D eigenvalue weighted by atomic mass is 35.5. The zero-order valence-electron chi connectivity index (χ0n) is 18.9. The Morgan fingerprint density at radius 2 is 1.94 bits per heavy atom. The highest BCUT2D eigenvalue weighted by Crippen LogP contribution is 2.37. The van der Waals surface area contributed by atoms with E-state index in [1.54, 1.807) is 28.6 Å². The van der Waals surface area contributed by atoms with Gasteiger partial charge in [0, 0.05) is 36.4 Å². The van der Waals surface area contributed by atoms with E-state index < -0.39 is 17.3 Å². The van der Waals surface area contributed by atoms with E-state index >= 15 is 0 Å². The molecule has 0 bridgehead atoms. The largest absolute Gasteiger partial charge is 0.444 e. The molecule has 1 aliphatic heterocycles. The average molecular weight is 493 g/mol. The van der Waals surface area contributed by atoms with E-state index in [4.69, 9.17) is 16.3 Å². The van der Waals surface area contributed by atoms with Crippen molar-refractivity contribution in [3.8, 4) is 0 Å². The van der Waals surface area contributed by atoms with E-state index in [0.29, 0.717) is 34.4 Å². The van der Waals surface area contributed by atoms with Gasteiger partial charge in [0.25, 0.3) is 5.91 Å². The number of thiophene rings is 1. The van der Waals surface area contributed by atoms with Gasteiger partial charge in [-0.05, 0) is 52.5 Å². The fourth-order valence-corrected chi connectivity index (χ4v) is 5.35. The Hall–Kier alpha value is -2.65. The first-order valence-electron chi connectivity index (χ1n) is 10.7. The number of likely N-dealkylation sites (tertiary alicyclic amines) is 1. The van der Waals surface area contributed by atoms with E-state index in [9.17, 15) is 14.0 Å². The Kier molecular flexibility index (Phi) is 6.37. The molecule has 4 rings (SSSR count). The molecule has 0 unspecified atom stereocenters. The van der Waals surface area contributed by atoms with E-state index in [0.717, 1.165) is 17.7 Å². The van der Waals surface area contributed by atoms with Gasteiger partial charge in [-0.25, -0.2) is 14.2 Å². The molecule has 1 fully saturated rings. The van der Waals surface area contributed by atoms with Crippen LogP contribution >= 0.6 is 22.9 Å². The molecule has 2 amide bonds. The number of fused-ring (bicyclic) bond motifs is 1. The van der Waals surface area contributed by atoms with Crippen LogP contribution in [0.3, 0.4) is 0 Å². The van der Waals surface area contributed by atoms with Gasteiger partial charge in [-0.2, -0.15) is 0 Å². The van der Waals surface area contributed by atoms with Crippen molar-refractivity contribution in [3.05, 3.63) is 50.8 Å². The van der Waals surface area contributed by atoms with Crippen LogP contribution in [-0.2, 0) is 4.74 Å². The molecule has 1 saturated heterocycles. The first-order valence-corrected chi connectivity index (χ1v) is 11.9. The van der Waals surface area contributed by atoms with Crippen molar-refractivity contribution in [3.63, 3.8) is 0 Å². The van der Waals surface area contributed by atoms with Gasteiger partial charge in [0.05, 0.1) is 16.4 Å². The molecule has 0 aromatic carbocycles. The fourth-order valence-electron chi connectivity index (χ4n) is 3.85. The predicted molar refractivity (Wildman–Crippen MR) is 127 cm³/mol. The molecule has 0 aliphatic carbocycles. The second-order valence-electron chi connectivity index (χ2n) is 9.21. The van der Waals surface area contributed by atoms with Crippen molar-refractivity contribution in [2.45, 2.75) is 52.1 Å². The molecule has 0 spiro atoms. The Morgan fingerprint density at radius 1 is 1.24 bits per heavy atom. The van der Waals surface area contributed by atoms with Gasteiger partial charge in [0.15, 0.2) is 11.5 Å². The lowest BCUT2D eigenvalue weighted by atomic mass is 9.95. The van der Waals surface area contributed by atoms with Gasteiger partial charge in [-0.1, -0.05) is 11.6 Å². The summed E-state index contributed by atoms with van der Waals surface area (Å²) in [5.74, 6) is -0.705. The fraction of sp³-hybridized carbons (Fsp3) is 0.435. The average Bonchev–Trinajstić information content (AvgIpc) is 3.29. The Labute approximate surface area is 200 Å². The zero-order valence-corrected chi connectivity index (χ0v) is 20.5. The van der Waals surface area contributed by atoms with Crippen LogP contribution in [0.2, 0.25) is 5.02 Å². The number of halogens is 2. The molecular formula is C23H26ClFN4O3S. The van der Waals surface area contributed by atoms with Crippen molar-refractivity contribution in [2.75, 3.05) is 18.4 Å². The number of piperidine rings is 1. The molecular weight excluding hydrogens is 467 g/mol. The van der Waals surface area contributed by atoms with Gasteiger partial charge in [0.1, 0.15) is 10.5 Å². The Bertz CT molecular complexity index is 1210. The number of carbonyl (C=O) groups excluding carboxylic acids is 2. The number of aromatic nitrogens is 2. The number of nitrogens with zero attached hydrogens (tertiary/aromatic N) is 3. The van der Waals surface area contributed by atoms with Gasteiger partial charge in [0.2, 0.25) is 0 Å². The smallest absolute Gasteiger partial charge is 0.410 e. The molecule has 3 aromatic heterocycles. The number of carbonyl (C=O) groups is 2. The van der Waals surface area contributed by atoms with Crippen molar-refractivity contribution in [1.29, 1.82) is 0 Å². The first-order chi connectivity index (χ1) is 15.5. The van der Waals surface area contributed by atoms with E-state index in [-0.39, 0.29) is 17.7 Å². The number of hydrogen-bond acceptors (Lipinski definition) is 5. The molecule has 176 valence electrons. The van der Waals surface area contributed by atoms with E-state index in [1.807, 2.05) is 26.8 Å². The number of amides is 2. The summed E-state index contributed by atoms with van der Waals surface area (Å²) in [7, 11) is 0. The number of anilines is 1. The molecule has 1 N–H and O–H groups in total. The Morgan fingerprint density at radius 3 is 2.61 bits per heavy atom. The molecule has 7 nitrogen and oxygen atoms in total. The highest BCUT2D eigenvalue weighted by Gasteiger charge is 2.29. The third-order valence-electron chi connectivity index (χ3n) is 5.35. The summed E-state index contributed by atoms with van der Waals surface area (Å²) in [6, 6.07) is 3.06. The maximum absolute atomic E-state index is 14.3. The lowest BCUT2D eigenvalue weighted by molar-refractivity contribution is 0.0205. The number of hydrogen-bond donors (Lipinski definition) is 1. The van der Waals surface area contributed by atoms with Crippen LogP contribution in [0, 0.1) is 12.7 Å². The topological polar surface area (TPSA) is 75.9 Å². The van der Waals surface area contributed by atoms with Crippen LogP contribution in [0.15, 0.2) is 24.5 Å². The summed E-state index contributed by atoms with van der Waals surface area (Å²) in [5.41, 5.74) is 0.682. The van der Waals surface area contributed by atoms with Gasteiger partial charge >= 0.3 is 6.09 Å². The number of rotatable bonds is 3. The van der Waals surface area contributed by atoms with E-state index in [1.165, 1.54) is 17.4 Å². The lowest BCUT2D eigenvalue weighted by Crippen LogP contribution is -2.41. The molecule has 3 aromatic rings. The maximum Gasteiger partial charge on any atom is 0.410 e. The predicted octanol–water partition coefficient (Wildman–Crippen LogP) is 5.86. The number of nitrogens with one attached hydrogen (secondary N) is 1. The number of pyridine rings is 1. The van der Waals surface area contributed by atoms with Crippen LogP contribution in [0.4, 0.5) is 14.9 Å². The van der Waals surface area contributed by atoms with Crippen LogP contribution < -0.4 is 5.32 Å². The monoisotopic (exact) mass is 492 g/mol. The second-order valence-corrected chi connectivity index (χ2v) is 10.7. The van der Waals surface area contributed by atoms with Crippen LogP contribution in [0.1, 0.15) is 59.8 Å². The molecule has 0 atom stereocenters. The van der Waals surface area contributed by atoms with E-state index in [2.05, 4.69) is 10.3 Å². The zero-order chi connectivity index (χ0) is 23.9. The van der Waals surface area contributed by atoms with Crippen LogP contribution in [0.25, 0.3) is 5.65 Å². The van der Waals surface area contributed by atoms with Gasteiger partial charge < -0.3 is 19.4 Å². The summed E-state index contributed by atoms with van der Waals surface area (Å²) < 4.78 is 21.3. The summed E-state index contributed by atoms with van der Waals surface area (Å²) >= 11 is 7.72. The number of ether oxygens (including phenoxy) is 1. The number of imidazole rings is 1.